The molecule has 3 aromatic rings. The fourth-order valence-corrected chi connectivity index (χ4v) is 1.70. The van der Waals surface area contributed by atoms with E-state index in [1.54, 1.807) is 4.68 Å². The number of ether oxygens (including phenoxy) is 1. The Kier molecular flexibility index (Phi) is 3.30. The van der Waals surface area contributed by atoms with Crippen LogP contribution in [-0.2, 0) is 0 Å². The third-order valence-corrected chi connectivity index (χ3v) is 2.66. The molecule has 2 aromatic heterocycles. The maximum atomic E-state index is 10.9. The topological polar surface area (TPSA) is 90.1 Å². The predicted molar refractivity (Wildman–Crippen MR) is 72.6 cm³/mol. The summed E-state index contributed by atoms with van der Waals surface area (Å²) >= 11 is 0. The van der Waals surface area contributed by atoms with E-state index >= 15 is 0 Å². The van der Waals surface area contributed by atoms with Crippen molar-refractivity contribution in [3.63, 3.8) is 0 Å². The Morgan fingerprint density at radius 2 is 2.00 bits per heavy atom. The van der Waals surface area contributed by atoms with Gasteiger partial charge in [-0.1, -0.05) is 18.2 Å². The molecule has 0 saturated heterocycles. The first-order chi connectivity index (χ1) is 10.2. The predicted octanol–water partition coefficient (Wildman–Crippen LogP) is 2.15. The van der Waals surface area contributed by atoms with Crippen molar-refractivity contribution >= 4 is 5.97 Å². The van der Waals surface area contributed by atoms with E-state index in [2.05, 4.69) is 15.1 Å². The van der Waals surface area contributed by atoms with Gasteiger partial charge in [-0.05, 0) is 18.2 Å². The molecule has 0 bridgehead atoms. The zero-order valence-electron chi connectivity index (χ0n) is 10.7. The van der Waals surface area contributed by atoms with E-state index in [4.69, 9.17) is 9.84 Å². The molecule has 0 aliphatic carbocycles. The van der Waals surface area contributed by atoms with Crippen molar-refractivity contribution < 1.29 is 14.6 Å². The number of carboxylic acids is 1. The van der Waals surface area contributed by atoms with E-state index in [1.165, 1.54) is 24.8 Å². The number of benzene rings is 1. The SMILES string of the molecule is O=C(O)c1cncc(Oc2ncn(-c3ccccc3)n2)c1. The van der Waals surface area contributed by atoms with Gasteiger partial charge in [-0.15, -0.1) is 5.10 Å². The summed E-state index contributed by atoms with van der Waals surface area (Å²) in [4.78, 5) is 18.7. The number of hydrogen-bond donors (Lipinski definition) is 1. The number of hydrogen-bond acceptors (Lipinski definition) is 5. The molecule has 0 saturated carbocycles. The number of carboxylic acid groups (broad SMARTS) is 1. The van der Waals surface area contributed by atoms with Gasteiger partial charge in [0.15, 0.2) is 0 Å². The van der Waals surface area contributed by atoms with Crippen LogP contribution in [0, 0.1) is 0 Å². The molecule has 3 rings (SSSR count). The number of aromatic nitrogens is 4. The normalized spacial score (nSPS) is 10.3. The zero-order valence-corrected chi connectivity index (χ0v) is 10.7. The number of rotatable bonds is 4. The third-order valence-electron chi connectivity index (χ3n) is 2.66. The second-order valence-electron chi connectivity index (χ2n) is 4.12. The molecule has 2 heterocycles. The van der Waals surface area contributed by atoms with E-state index in [9.17, 15) is 4.79 Å². The highest BCUT2D eigenvalue weighted by Crippen LogP contribution is 2.18. The first kappa shape index (κ1) is 12.8. The first-order valence-corrected chi connectivity index (χ1v) is 6.05. The summed E-state index contributed by atoms with van der Waals surface area (Å²) in [5.41, 5.74) is 0.882. The Morgan fingerprint density at radius 1 is 1.19 bits per heavy atom. The fraction of sp³-hybridized carbons (Fsp3) is 0. The lowest BCUT2D eigenvalue weighted by molar-refractivity contribution is 0.0696. The van der Waals surface area contributed by atoms with Crippen LogP contribution in [-0.4, -0.2) is 30.8 Å². The smallest absolute Gasteiger partial charge is 0.341 e. The van der Waals surface area contributed by atoms with Crippen molar-refractivity contribution in [2.75, 3.05) is 0 Å². The van der Waals surface area contributed by atoms with Crippen molar-refractivity contribution in [3.8, 4) is 17.4 Å². The van der Waals surface area contributed by atoms with Gasteiger partial charge in [0, 0.05) is 6.20 Å². The van der Waals surface area contributed by atoms with Gasteiger partial charge in [-0.25, -0.2) is 9.48 Å². The number of pyridine rings is 1. The maximum Gasteiger partial charge on any atom is 0.341 e. The minimum Gasteiger partial charge on any atom is -0.478 e. The molecule has 7 nitrogen and oxygen atoms in total. The van der Waals surface area contributed by atoms with Gasteiger partial charge >= 0.3 is 12.0 Å². The summed E-state index contributed by atoms with van der Waals surface area (Å²) in [7, 11) is 0. The molecular formula is C14H10N4O3. The number of nitrogens with zero attached hydrogens (tertiary/aromatic N) is 4. The van der Waals surface area contributed by atoms with Crippen LogP contribution in [0.25, 0.3) is 5.69 Å². The molecule has 7 heteroatoms. The molecule has 0 unspecified atom stereocenters. The van der Waals surface area contributed by atoms with Crippen molar-refractivity contribution in [1.82, 2.24) is 19.7 Å². The molecule has 0 aliphatic rings. The Hall–Kier alpha value is -3.22. The molecule has 21 heavy (non-hydrogen) atoms. The van der Waals surface area contributed by atoms with Crippen LogP contribution < -0.4 is 4.74 Å². The van der Waals surface area contributed by atoms with Crippen LogP contribution in [0.4, 0.5) is 0 Å². The van der Waals surface area contributed by atoms with Crippen LogP contribution >= 0.6 is 0 Å². The minimum atomic E-state index is -1.07. The summed E-state index contributed by atoms with van der Waals surface area (Å²) in [6.45, 7) is 0. The van der Waals surface area contributed by atoms with Gasteiger partial charge in [0.2, 0.25) is 0 Å². The molecule has 0 atom stereocenters. The van der Waals surface area contributed by atoms with E-state index in [0.29, 0.717) is 0 Å². The first-order valence-electron chi connectivity index (χ1n) is 6.05. The zero-order chi connectivity index (χ0) is 14.7. The molecule has 1 aromatic carbocycles. The van der Waals surface area contributed by atoms with Crippen molar-refractivity contribution in [2.24, 2.45) is 0 Å². The van der Waals surface area contributed by atoms with Gasteiger partial charge in [-0.3, -0.25) is 4.98 Å². The second-order valence-corrected chi connectivity index (χ2v) is 4.12. The average Bonchev–Trinajstić information content (AvgIpc) is 2.97. The summed E-state index contributed by atoms with van der Waals surface area (Å²) in [5.74, 6) is -0.809. The standard InChI is InChI=1S/C14H10N4O3/c19-13(20)10-6-12(8-15-7-10)21-14-16-9-18(17-14)11-4-2-1-3-5-11/h1-9H,(H,19,20). The van der Waals surface area contributed by atoms with Gasteiger partial charge in [0.05, 0.1) is 17.4 Å². The molecule has 0 radical (unpaired) electrons. The van der Waals surface area contributed by atoms with Crippen LogP contribution in [0.5, 0.6) is 11.8 Å². The number of aromatic carboxylic acids is 1. The van der Waals surface area contributed by atoms with Crippen LogP contribution in [0.3, 0.4) is 0 Å². The minimum absolute atomic E-state index is 0.0370. The van der Waals surface area contributed by atoms with Crippen molar-refractivity contribution in [1.29, 1.82) is 0 Å². The maximum absolute atomic E-state index is 10.9. The van der Waals surface area contributed by atoms with E-state index < -0.39 is 5.97 Å². The average molecular weight is 282 g/mol. The Bertz CT molecular complexity index is 771. The number of carbonyl (C=O) groups is 1. The highest BCUT2D eigenvalue weighted by Gasteiger charge is 2.08. The van der Waals surface area contributed by atoms with Gasteiger partial charge < -0.3 is 9.84 Å². The molecule has 104 valence electrons. The lowest BCUT2D eigenvalue weighted by Crippen LogP contribution is -1.98. The van der Waals surface area contributed by atoms with E-state index in [-0.39, 0.29) is 17.3 Å². The lowest BCUT2D eigenvalue weighted by atomic mass is 10.3. The molecule has 0 amide bonds. The van der Waals surface area contributed by atoms with E-state index in [1.807, 2.05) is 30.3 Å². The van der Waals surface area contributed by atoms with Gasteiger partial charge in [0.1, 0.15) is 12.1 Å². The summed E-state index contributed by atoms with van der Waals surface area (Å²) in [5, 5.41) is 13.1. The molecule has 0 spiro atoms. The van der Waals surface area contributed by atoms with Crippen LogP contribution in [0.15, 0.2) is 55.1 Å². The van der Waals surface area contributed by atoms with Gasteiger partial charge in [-0.2, -0.15) is 4.98 Å². The summed E-state index contributed by atoms with van der Waals surface area (Å²) < 4.78 is 6.96. The van der Waals surface area contributed by atoms with E-state index in [0.717, 1.165) is 5.69 Å². The molecular weight excluding hydrogens is 272 g/mol. The lowest BCUT2D eigenvalue weighted by Gasteiger charge is -2.01. The summed E-state index contributed by atoms with van der Waals surface area (Å²) in [6, 6.07) is 10.9. The Morgan fingerprint density at radius 3 is 2.76 bits per heavy atom. The second kappa shape index (κ2) is 5.41. The van der Waals surface area contributed by atoms with Crippen LogP contribution in [0.2, 0.25) is 0 Å². The quantitative estimate of drug-likeness (QED) is 0.788. The molecule has 0 aliphatic heterocycles. The third kappa shape index (κ3) is 2.86. The van der Waals surface area contributed by atoms with Crippen LogP contribution in [0.1, 0.15) is 10.4 Å². The van der Waals surface area contributed by atoms with Gasteiger partial charge in [0.25, 0.3) is 0 Å². The Labute approximate surface area is 119 Å². The van der Waals surface area contributed by atoms with Crippen molar-refractivity contribution in [3.05, 3.63) is 60.7 Å². The highest BCUT2D eigenvalue weighted by atomic mass is 16.5. The summed E-state index contributed by atoms with van der Waals surface area (Å²) in [6.07, 6.45) is 4.15. The Balaban J connectivity index is 1.82. The molecule has 0 fully saturated rings. The van der Waals surface area contributed by atoms with Crippen molar-refractivity contribution in [2.45, 2.75) is 0 Å². The number of para-hydroxylation sites is 1. The largest absolute Gasteiger partial charge is 0.478 e. The monoisotopic (exact) mass is 282 g/mol. The highest BCUT2D eigenvalue weighted by molar-refractivity contribution is 5.87. The molecule has 1 N–H and O–H groups in total. The fourth-order valence-electron chi connectivity index (χ4n) is 1.70.